The van der Waals surface area contributed by atoms with Crippen molar-refractivity contribution in [3.63, 3.8) is 0 Å². The van der Waals surface area contributed by atoms with Crippen molar-refractivity contribution in [3.05, 3.63) is 23.0 Å². The third-order valence-electron chi connectivity index (χ3n) is 1.05. The molecule has 1 aromatic carbocycles. The van der Waals surface area contributed by atoms with Gasteiger partial charge in [-0.2, -0.15) is 0 Å². The molecule has 10 heavy (non-hydrogen) atoms. The summed E-state index contributed by atoms with van der Waals surface area (Å²) in [5.41, 5.74) is 0. The molecule has 0 spiro atoms. The van der Waals surface area contributed by atoms with Gasteiger partial charge in [-0.1, -0.05) is 11.6 Å². The highest BCUT2D eigenvalue weighted by atomic mass is 35.5. The Morgan fingerprint density at radius 3 is 2.40 bits per heavy atom. The predicted molar refractivity (Wildman–Crippen MR) is 34.7 cm³/mol. The van der Waals surface area contributed by atoms with Crippen LogP contribution < -0.4 is 0 Å². The van der Waals surface area contributed by atoms with Crippen LogP contribution in [0.2, 0.25) is 5.02 Å². The predicted octanol–water partition coefficient (Wildman–Crippen LogP) is 1.89. The molecule has 4 heteroatoms. The lowest BCUT2D eigenvalue weighted by Gasteiger charge is -1.98. The molecule has 54 valence electrons. The quantitative estimate of drug-likeness (QED) is 0.572. The van der Waals surface area contributed by atoms with Crippen LogP contribution in [0.1, 0.15) is 0 Å². The molecular formula is C6H4ClFO2. The molecule has 0 saturated heterocycles. The van der Waals surface area contributed by atoms with E-state index in [0.29, 0.717) is 0 Å². The Kier molecular flexibility index (Phi) is 1.68. The van der Waals surface area contributed by atoms with E-state index < -0.39 is 22.3 Å². The number of benzene rings is 1. The van der Waals surface area contributed by atoms with E-state index in [4.69, 9.17) is 21.8 Å². The molecule has 0 fully saturated rings. The minimum atomic E-state index is -0.753. The van der Waals surface area contributed by atoms with Crippen molar-refractivity contribution in [2.45, 2.75) is 0 Å². The van der Waals surface area contributed by atoms with Gasteiger partial charge in [0.15, 0.2) is 11.5 Å². The fourth-order valence-corrected chi connectivity index (χ4v) is 0.690. The molecular weight excluding hydrogens is 159 g/mol. The van der Waals surface area contributed by atoms with Gasteiger partial charge in [0.25, 0.3) is 0 Å². The molecule has 0 atom stereocenters. The van der Waals surface area contributed by atoms with Gasteiger partial charge in [0.05, 0.1) is 0 Å². The Bertz CT molecular complexity index is 235. The van der Waals surface area contributed by atoms with E-state index in [9.17, 15) is 4.39 Å². The number of rotatable bonds is 0. The summed E-state index contributed by atoms with van der Waals surface area (Å²) >= 11 is 5.20. The van der Waals surface area contributed by atoms with Gasteiger partial charge in [0, 0.05) is 0 Å². The molecule has 1 rings (SSSR count). The van der Waals surface area contributed by atoms with Crippen molar-refractivity contribution in [1.29, 1.82) is 0 Å². The zero-order chi connectivity index (χ0) is 7.72. The summed E-state index contributed by atoms with van der Waals surface area (Å²) in [6.07, 6.45) is 0. The Morgan fingerprint density at radius 2 is 1.90 bits per heavy atom. The van der Waals surface area contributed by atoms with Gasteiger partial charge >= 0.3 is 0 Å². The third kappa shape index (κ3) is 0.998. The van der Waals surface area contributed by atoms with Gasteiger partial charge in [-0.15, -0.1) is 0 Å². The van der Waals surface area contributed by atoms with Gasteiger partial charge < -0.3 is 10.2 Å². The van der Waals surface area contributed by atoms with Crippen molar-refractivity contribution in [2.24, 2.45) is 0 Å². The summed E-state index contributed by atoms with van der Waals surface area (Å²) in [5.74, 6) is -1.80. The third-order valence-corrected chi connectivity index (χ3v) is 1.41. The van der Waals surface area contributed by atoms with Gasteiger partial charge in [-0.25, -0.2) is 4.39 Å². The second kappa shape index (κ2) is 2.34. The molecule has 2 nitrogen and oxygen atoms in total. The summed E-state index contributed by atoms with van der Waals surface area (Å²) in [4.78, 5) is 0. The lowest BCUT2D eigenvalue weighted by atomic mass is 10.3. The highest BCUT2D eigenvalue weighted by Gasteiger charge is 2.08. The van der Waals surface area contributed by atoms with Crippen LogP contribution in [0.3, 0.4) is 0 Å². The molecule has 0 aliphatic carbocycles. The van der Waals surface area contributed by atoms with Crippen LogP contribution in [0.5, 0.6) is 11.5 Å². The topological polar surface area (TPSA) is 40.5 Å². The van der Waals surface area contributed by atoms with E-state index in [1.165, 1.54) is 0 Å². The number of halogens is 2. The van der Waals surface area contributed by atoms with Gasteiger partial charge in [0.2, 0.25) is 0 Å². The van der Waals surface area contributed by atoms with Crippen LogP contribution in [0.15, 0.2) is 12.1 Å². The number of hydrogen-bond donors (Lipinski definition) is 2. The summed E-state index contributed by atoms with van der Waals surface area (Å²) in [6, 6.07) is 1.99. The Balaban J connectivity index is 3.34. The first-order valence-corrected chi connectivity index (χ1v) is 2.86. The molecule has 1 aromatic rings. The van der Waals surface area contributed by atoms with E-state index in [1.807, 2.05) is 0 Å². The second-order valence-electron chi connectivity index (χ2n) is 1.73. The molecule has 0 unspecified atom stereocenters. The van der Waals surface area contributed by atoms with E-state index in [-0.39, 0.29) is 0 Å². The monoisotopic (exact) mass is 162 g/mol. The van der Waals surface area contributed by atoms with Crippen molar-refractivity contribution in [2.75, 3.05) is 0 Å². The fourth-order valence-electron chi connectivity index (χ4n) is 0.530. The number of aromatic hydroxyl groups is 2. The Hall–Kier alpha value is -0.960. The first kappa shape index (κ1) is 7.15. The number of hydrogen-bond acceptors (Lipinski definition) is 2. The van der Waals surface area contributed by atoms with Crippen LogP contribution in [0.4, 0.5) is 4.39 Å². The average Bonchev–Trinajstić information content (AvgIpc) is 1.93. The van der Waals surface area contributed by atoms with E-state index in [2.05, 4.69) is 0 Å². The van der Waals surface area contributed by atoms with Crippen LogP contribution in [-0.2, 0) is 0 Å². The van der Waals surface area contributed by atoms with Crippen molar-refractivity contribution in [3.8, 4) is 11.5 Å². The highest BCUT2D eigenvalue weighted by Crippen LogP contribution is 2.34. The lowest BCUT2D eigenvalue weighted by molar-refractivity contribution is 0.400. The largest absolute Gasteiger partial charge is 0.504 e. The lowest BCUT2D eigenvalue weighted by Crippen LogP contribution is -1.76. The summed E-state index contributed by atoms with van der Waals surface area (Å²) in [6.45, 7) is 0. The molecule has 0 radical (unpaired) electrons. The van der Waals surface area contributed by atoms with Crippen LogP contribution in [-0.4, -0.2) is 10.2 Å². The molecule has 0 aliphatic rings. The summed E-state index contributed by atoms with van der Waals surface area (Å²) in [7, 11) is 0. The van der Waals surface area contributed by atoms with Gasteiger partial charge in [0.1, 0.15) is 10.8 Å². The maximum absolute atomic E-state index is 12.4. The molecule has 0 saturated carbocycles. The van der Waals surface area contributed by atoms with Gasteiger partial charge in [-0.05, 0) is 12.1 Å². The zero-order valence-electron chi connectivity index (χ0n) is 4.81. The maximum atomic E-state index is 12.4. The van der Waals surface area contributed by atoms with Crippen molar-refractivity contribution < 1.29 is 14.6 Å². The second-order valence-corrected chi connectivity index (χ2v) is 2.11. The molecule has 0 bridgehead atoms. The molecule has 0 heterocycles. The number of phenols is 2. The van der Waals surface area contributed by atoms with Crippen LogP contribution in [0, 0.1) is 5.82 Å². The van der Waals surface area contributed by atoms with E-state index in [0.717, 1.165) is 12.1 Å². The molecule has 0 amide bonds. The standard InChI is InChI=1S/C6H4ClFO2/c7-5-3(8)1-2-4(9)6(5)10/h1-2,9-10H. The fraction of sp³-hybridized carbons (Fsp3) is 0. The van der Waals surface area contributed by atoms with Gasteiger partial charge in [-0.3, -0.25) is 0 Å². The van der Waals surface area contributed by atoms with E-state index in [1.54, 1.807) is 0 Å². The van der Waals surface area contributed by atoms with Crippen LogP contribution in [0.25, 0.3) is 0 Å². The van der Waals surface area contributed by atoms with E-state index >= 15 is 0 Å². The van der Waals surface area contributed by atoms with Crippen LogP contribution >= 0.6 is 11.6 Å². The highest BCUT2D eigenvalue weighted by molar-refractivity contribution is 6.32. The first-order chi connectivity index (χ1) is 4.63. The number of phenolic OH excluding ortho intramolecular Hbond substituents is 2. The zero-order valence-corrected chi connectivity index (χ0v) is 5.56. The summed E-state index contributed by atoms with van der Waals surface area (Å²) in [5, 5.41) is 17.0. The maximum Gasteiger partial charge on any atom is 0.179 e. The average molecular weight is 163 g/mol. The normalized spacial score (nSPS) is 9.80. The minimum Gasteiger partial charge on any atom is -0.504 e. The first-order valence-electron chi connectivity index (χ1n) is 2.49. The Labute approximate surface area is 61.5 Å². The van der Waals surface area contributed by atoms with Crippen molar-refractivity contribution >= 4 is 11.6 Å². The molecule has 2 N–H and O–H groups in total. The van der Waals surface area contributed by atoms with Crippen molar-refractivity contribution in [1.82, 2.24) is 0 Å². The smallest absolute Gasteiger partial charge is 0.179 e. The molecule has 0 aliphatic heterocycles. The molecule has 0 aromatic heterocycles. The Morgan fingerprint density at radius 1 is 1.30 bits per heavy atom. The minimum absolute atomic E-state index is 0.425. The SMILES string of the molecule is Oc1ccc(F)c(Cl)c1O. The summed E-state index contributed by atoms with van der Waals surface area (Å²) < 4.78 is 12.4.